The highest BCUT2D eigenvalue weighted by Crippen LogP contribution is 2.33. The van der Waals surface area contributed by atoms with Crippen molar-refractivity contribution in [1.82, 2.24) is 15.0 Å². The zero-order chi connectivity index (χ0) is 24.1. The molecule has 1 saturated heterocycles. The Morgan fingerprint density at radius 2 is 1.97 bits per heavy atom. The van der Waals surface area contributed by atoms with E-state index in [9.17, 15) is 18.0 Å². The molecule has 1 fully saturated rings. The van der Waals surface area contributed by atoms with Crippen LogP contribution in [0.5, 0.6) is 0 Å². The summed E-state index contributed by atoms with van der Waals surface area (Å²) >= 11 is 0. The normalized spacial score (nSPS) is 15.8. The minimum absolute atomic E-state index is 0.0127. The van der Waals surface area contributed by atoms with Crippen LogP contribution < -0.4 is 4.90 Å². The van der Waals surface area contributed by atoms with Gasteiger partial charge in [-0.2, -0.15) is 18.4 Å². The standard InChI is InChI=1S/C25H22F3N5O/c26-25(27,28)24-31-20(19-5-2-12-30-16-19)14-23(32-24)33-13-3-6-21(33)22(34)7-1-4-17-8-10-18(15-29)11-9-17/h2,5,8-12,14,16,21H,1,3-4,6-7,13H2/t21-/m0/s1. The number of anilines is 1. The van der Waals surface area contributed by atoms with Crippen LogP contribution in [0.1, 0.15) is 42.6 Å². The van der Waals surface area contributed by atoms with E-state index in [2.05, 4.69) is 21.0 Å². The van der Waals surface area contributed by atoms with Crippen LogP contribution in [0.25, 0.3) is 11.3 Å². The van der Waals surface area contributed by atoms with Gasteiger partial charge in [-0.3, -0.25) is 9.78 Å². The Morgan fingerprint density at radius 3 is 2.65 bits per heavy atom. The van der Waals surface area contributed by atoms with Crippen molar-refractivity contribution in [3.8, 4) is 17.3 Å². The molecule has 2 aromatic heterocycles. The highest BCUT2D eigenvalue weighted by atomic mass is 19.4. The Kier molecular flexibility index (Phi) is 6.87. The number of pyridine rings is 1. The lowest BCUT2D eigenvalue weighted by Gasteiger charge is -2.25. The maximum atomic E-state index is 13.5. The van der Waals surface area contributed by atoms with Gasteiger partial charge in [0.15, 0.2) is 5.78 Å². The molecule has 0 spiro atoms. The van der Waals surface area contributed by atoms with E-state index in [0.717, 1.165) is 5.56 Å². The summed E-state index contributed by atoms with van der Waals surface area (Å²) in [7, 11) is 0. The molecule has 3 aromatic rings. The average molecular weight is 465 g/mol. The molecule has 1 aliphatic rings. The number of halogens is 3. The van der Waals surface area contributed by atoms with E-state index in [4.69, 9.17) is 5.26 Å². The van der Waals surface area contributed by atoms with Crippen molar-refractivity contribution < 1.29 is 18.0 Å². The second-order valence-corrected chi connectivity index (χ2v) is 8.15. The molecule has 0 radical (unpaired) electrons. The number of carbonyl (C=O) groups excluding carboxylic acids is 1. The predicted octanol–water partition coefficient (Wildman–Crippen LogP) is 4.99. The van der Waals surface area contributed by atoms with Gasteiger partial charge < -0.3 is 4.90 Å². The molecule has 6 nitrogen and oxygen atoms in total. The monoisotopic (exact) mass is 465 g/mol. The van der Waals surface area contributed by atoms with Gasteiger partial charge in [-0.05, 0) is 55.5 Å². The average Bonchev–Trinajstić information content (AvgIpc) is 3.34. The molecule has 1 atom stereocenters. The summed E-state index contributed by atoms with van der Waals surface area (Å²) in [6.45, 7) is 0.451. The lowest BCUT2D eigenvalue weighted by Crippen LogP contribution is -2.37. The van der Waals surface area contributed by atoms with Gasteiger partial charge in [-0.15, -0.1) is 0 Å². The summed E-state index contributed by atoms with van der Waals surface area (Å²) in [5, 5.41) is 8.89. The molecule has 0 saturated carbocycles. The summed E-state index contributed by atoms with van der Waals surface area (Å²) in [5.41, 5.74) is 2.17. The maximum Gasteiger partial charge on any atom is 0.451 e. The zero-order valence-corrected chi connectivity index (χ0v) is 18.3. The highest BCUT2D eigenvalue weighted by molar-refractivity contribution is 5.87. The van der Waals surface area contributed by atoms with E-state index in [1.54, 1.807) is 29.2 Å². The van der Waals surface area contributed by atoms with Crippen molar-refractivity contribution in [2.24, 2.45) is 0 Å². The first-order valence-electron chi connectivity index (χ1n) is 11.0. The third-order valence-corrected chi connectivity index (χ3v) is 5.81. The van der Waals surface area contributed by atoms with Crippen molar-refractivity contribution in [3.05, 3.63) is 71.8 Å². The fraction of sp³-hybridized carbons (Fsp3) is 0.320. The molecule has 4 rings (SSSR count). The molecule has 3 heterocycles. The number of Topliss-reactive ketones (excluding diaryl/α,β-unsaturated/α-hetero) is 1. The SMILES string of the molecule is N#Cc1ccc(CCCC(=O)[C@@H]2CCCN2c2cc(-c3cccnc3)nc(C(F)(F)F)n2)cc1. The summed E-state index contributed by atoms with van der Waals surface area (Å²) < 4.78 is 40.6. The third kappa shape index (κ3) is 5.39. The van der Waals surface area contributed by atoms with Crippen molar-refractivity contribution in [2.75, 3.05) is 11.4 Å². The molecule has 174 valence electrons. The molecule has 0 N–H and O–H groups in total. The Bertz CT molecular complexity index is 1190. The van der Waals surface area contributed by atoms with Gasteiger partial charge in [0, 0.05) is 37.0 Å². The van der Waals surface area contributed by atoms with Crippen LogP contribution in [0.4, 0.5) is 19.0 Å². The summed E-state index contributed by atoms with van der Waals surface area (Å²) in [4.78, 5) is 26.1. The van der Waals surface area contributed by atoms with E-state index in [1.165, 1.54) is 18.5 Å². The van der Waals surface area contributed by atoms with Crippen LogP contribution in [-0.2, 0) is 17.4 Å². The number of ketones is 1. The summed E-state index contributed by atoms with van der Waals surface area (Å²) in [5.74, 6) is -1.15. The molecule has 34 heavy (non-hydrogen) atoms. The Hall–Kier alpha value is -3.80. The first kappa shape index (κ1) is 23.4. The minimum Gasteiger partial charge on any atom is -0.346 e. The molecule has 9 heteroatoms. The van der Waals surface area contributed by atoms with Crippen LogP contribution in [0.3, 0.4) is 0 Å². The molecular weight excluding hydrogens is 443 g/mol. The number of carbonyl (C=O) groups is 1. The number of hydrogen-bond donors (Lipinski definition) is 0. The Balaban J connectivity index is 1.51. The fourth-order valence-electron chi connectivity index (χ4n) is 4.13. The first-order chi connectivity index (χ1) is 16.3. The van der Waals surface area contributed by atoms with E-state index in [0.29, 0.717) is 49.8 Å². The largest absolute Gasteiger partial charge is 0.451 e. The van der Waals surface area contributed by atoms with Crippen molar-refractivity contribution in [3.63, 3.8) is 0 Å². The smallest absolute Gasteiger partial charge is 0.346 e. The molecule has 0 unspecified atom stereocenters. The number of rotatable bonds is 7. The maximum absolute atomic E-state index is 13.5. The van der Waals surface area contributed by atoms with Gasteiger partial charge >= 0.3 is 6.18 Å². The first-order valence-corrected chi connectivity index (χ1v) is 11.0. The van der Waals surface area contributed by atoms with Crippen LogP contribution >= 0.6 is 0 Å². The van der Waals surface area contributed by atoms with Crippen LogP contribution in [0, 0.1) is 11.3 Å². The number of aryl methyl sites for hydroxylation is 1. The number of hydrogen-bond acceptors (Lipinski definition) is 6. The lowest BCUT2D eigenvalue weighted by atomic mass is 10.0. The number of benzene rings is 1. The molecule has 1 aromatic carbocycles. The number of aromatic nitrogens is 3. The third-order valence-electron chi connectivity index (χ3n) is 5.81. The molecular formula is C25H22F3N5O. The highest BCUT2D eigenvalue weighted by Gasteiger charge is 2.38. The molecule has 0 bridgehead atoms. The van der Waals surface area contributed by atoms with Gasteiger partial charge in [0.25, 0.3) is 0 Å². The molecule has 0 amide bonds. The number of nitriles is 1. The van der Waals surface area contributed by atoms with Crippen LogP contribution in [0.15, 0.2) is 54.9 Å². The van der Waals surface area contributed by atoms with E-state index in [-0.39, 0.29) is 17.3 Å². The van der Waals surface area contributed by atoms with E-state index >= 15 is 0 Å². The topological polar surface area (TPSA) is 82.8 Å². The quantitative estimate of drug-likeness (QED) is 0.489. The fourth-order valence-corrected chi connectivity index (χ4v) is 4.13. The van der Waals surface area contributed by atoms with Gasteiger partial charge in [-0.25, -0.2) is 9.97 Å². The second kappa shape index (κ2) is 10.00. The van der Waals surface area contributed by atoms with Gasteiger partial charge in [0.1, 0.15) is 5.82 Å². The Labute approximate surface area is 195 Å². The van der Waals surface area contributed by atoms with Crippen LogP contribution in [0.2, 0.25) is 0 Å². The lowest BCUT2D eigenvalue weighted by molar-refractivity contribution is -0.144. The summed E-state index contributed by atoms with van der Waals surface area (Å²) in [6.07, 6.45) is 1.14. The van der Waals surface area contributed by atoms with Crippen molar-refractivity contribution >= 4 is 11.6 Å². The van der Waals surface area contributed by atoms with Gasteiger partial charge in [0.2, 0.25) is 5.82 Å². The van der Waals surface area contributed by atoms with E-state index < -0.39 is 18.0 Å². The van der Waals surface area contributed by atoms with Gasteiger partial charge in [-0.1, -0.05) is 12.1 Å². The summed E-state index contributed by atoms with van der Waals surface area (Å²) in [6, 6.07) is 13.5. The zero-order valence-electron chi connectivity index (χ0n) is 18.3. The molecule has 1 aliphatic heterocycles. The van der Waals surface area contributed by atoms with Crippen molar-refractivity contribution in [1.29, 1.82) is 5.26 Å². The van der Waals surface area contributed by atoms with Gasteiger partial charge in [0.05, 0.1) is 23.4 Å². The Morgan fingerprint density at radius 1 is 1.18 bits per heavy atom. The second-order valence-electron chi connectivity index (χ2n) is 8.15. The van der Waals surface area contributed by atoms with Crippen molar-refractivity contribution in [2.45, 2.75) is 44.3 Å². The predicted molar refractivity (Wildman–Crippen MR) is 120 cm³/mol. The number of nitrogens with zero attached hydrogens (tertiary/aromatic N) is 5. The van der Waals surface area contributed by atoms with E-state index in [1.807, 2.05) is 12.1 Å². The minimum atomic E-state index is -4.71. The molecule has 0 aliphatic carbocycles. The van der Waals surface area contributed by atoms with Crippen LogP contribution in [-0.4, -0.2) is 33.3 Å². The number of alkyl halides is 3.